The first kappa shape index (κ1) is 25.1. The maximum atomic E-state index is 11.6. The fraction of sp³-hybridized carbons (Fsp3) is 0.875. The highest BCUT2D eigenvalue weighted by atomic mass is 32.1. The van der Waals surface area contributed by atoms with E-state index in [1.807, 2.05) is 6.92 Å². The minimum absolute atomic E-state index is 0.143. The number of hydrogen-bond acceptors (Lipinski definition) is 8. The lowest BCUT2D eigenvalue weighted by Crippen LogP contribution is -2.45. The minimum Gasteiger partial charge on any atom is -0.379 e. The van der Waals surface area contributed by atoms with Crippen molar-refractivity contribution in [3.8, 4) is 0 Å². The summed E-state index contributed by atoms with van der Waals surface area (Å²) in [4.78, 5) is 22.5. The Hall–Kier alpha value is -0.910. The first-order valence-electron chi connectivity index (χ1n) is 8.70. The fourth-order valence-corrected chi connectivity index (χ4v) is 1.93. The Balaban J connectivity index is 3.26. The molecule has 0 fully saturated rings. The molecule has 0 spiro atoms. The Morgan fingerprint density at radius 2 is 1.27 bits per heavy atom. The number of amides is 2. The van der Waals surface area contributed by atoms with Crippen LogP contribution in [-0.4, -0.2) is 89.7 Å². The molecule has 9 nitrogen and oxygen atoms in total. The van der Waals surface area contributed by atoms with Crippen molar-refractivity contribution in [1.29, 1.82) is 0 Å². The molecular formula is C16H32N2O7S. The summed E-state index contributed by atoms with van der Waals surface area (Å²) in [7, 11) is 0. The largest absolute Gasteiger partial charge is 0.379 e. The average molecular weight is 397 g/mol. The summed E-state index contributed by atoms with van der Waals surface area (Å²) in [5.41, 5.74) is 5.11. The normalized spacial score (nSPS) is 12.1. The van der Waals surface area contributed by atoms with Gasteiger partial charge in [0.25, 0.3) is 0 Å². The van der Waals surface area contributed by atoms with E-state index >= 15 is 0 Å². The Kier molecular flexibility index (Phi) is 18.2. The van der Waals surface area contributed by atoms with Crippen LogP contribution in [0.3, 0.4) is 0 Å². The molecule has 0 aliphatic carbocycles. The zero-order chi connectivity index (χ0) is 19.5. The van der Waals surface area contributed by atoms with Gasteiger partial charge in [-0.1, -0.05) is 0 Å². The van der Waals surface area contributed by atoms with Gasteiger partial charge in [0, 0.05) is 18.8 Å². The molecule has 154 valence electrons. The Morgan fingerprint density at radius 3 is 1.65 bits per heavy atom. The van der Waals surface area contributed by atoms with E-state index in [-0.39, 0.29) is 24.7 Å². The van der Waals surface area contributed by atoms with Crippen LogP contribution in [0.5, 0.6) is 0 Å². The van der Waals surface area contributed by atoms with Gasteiger partial charge in [-0.05, 0) is 6.92 Å². The third kappa shape index (κ3) is 16.6. The quantitative estimate of drug-likeness (QED) is 0.197. The van der Waals surface area contributed by atoms with Crippen molar-refractivity contribution in [2.45, 2.75) is 19.4 Å². The monoisotopic (exact) mass is 396 g/mol. The third-order valence-corrected chi connectivity index (χ3v) is 3.39. The van der Waals surface area contributed by atoms with Gasteiger partial charge in [0.2, 0.25) is 11.8 Å². The van der Waals surface area contributed by atoms with Crippen molar-refractivity contribution in [2.24, 2.45) is 5.73 Å². The highest BCUT2D eigenvalue weighted by Gasteiger charge is 2.15. The van der Waals surface area contributed by atoms with E-state index in [1.165, 1.54) is 0 Å². The van der Waals surface area contributed by atoms with Crippen molar-refractivity contribution >= 4 is 24.4 Å². The predicted molar refractivity (Wildman–Crippen MR) is 99.4 cm³/mol. The number of nitrogens with one attached hydrogen (secondary N) is 1. The van der Waals surface area contributed by atoms with E-state index in [9.17, 15) is 9.59 Å². The molecule has 0 heterocycles. The van der Waals surface area contributed by atoms with Crippen LogP contribution in [0.15, 0.2) is 0 Å². The lowest BCUT2D eigenvalue weighted by molar-refractivity contribution is -0.127. The van der Waals surface area contributed by atoms with Gasteiger partial charge in [-0.2, -0.15) is 12.6 Å². The zero-order valence-electron chi connectivity index (χ0n) is 15.4. The molecular weight excluding hydrogens is 364 g/mol. The fourth-order valence-electron chi connectivity index (χ4n) is 1.66. The number of ether oxygens (including phenoxy) is 5. The molecule has 10 heteroatoms. The first-order chi connectivity index (χ1) is 12.6. The topological polar surface area (TPSA) is 118 Å². The lowest BCUT2D eigenvalue weighted by atomic mass is 10.3. The summed E-state index contributed by atoms with van der Waals surface area (Å²) in [6, 6.07) is -0.760. The van der Waals surface area contributed by atoms with Crippen molar-refractivity contribution < 1.29 is 33.3 Å². The molecule has 0 aliphatic rings. The van der Waals surface area contributed by atoms with Crippen LogP contribution in [0.1, 0.15) is 13.3 Å². The van der Waals surface area contributed by atoms with Crippen LogP contribution >= 0.6 is 12.6 Å². The van der Waals surface area contributed by atoms with Gasteiger partial charge < -0.3 is 34.7 Å². The molecule has 0 saturated heterocycles. The maximum absolute atomic E-state index is 11.6. The van der Waals surface area contributed by atoms with Gasteiger partial charge in [0.15, 0.2) is 0 Å². The number of carbonyl (C=O) groups excluding carboxylic acids is 2. The van der Waals surface area contributed by atoms with E-state index in [2.05, 4.69) is 17.9 Å². The zero-order valence-corrected chi connectivity index (χ0v) is 16.3. The Morgan fingerprint density at radius 1 is 0.846 bits per heavy atom. The third-order valence-electron chi connectivity index (χ3n) is 3.03. The summed E-state index contributed by atoms with van der Waals surface area (Å²) in [6.45, 7) is 6.82. The second kappa shape index (κ2) is 18.9. The molecule has 0 bridgehead atoms. The van der Waals surface area contributed by atoms with E-state index in [4.69, 9.17) is 29.4 Å². The second-order valence-electron chi connectivity index (χ2n) is 5.10. The number of hydrogen-bond donors (Lipinski definition) is 3. The molecule has 1 atom stereocenters. The highest BCUT2D eigenvalue weighted by Crippen LogP contribution is 1.90. The van der Waals surface area contributed by atoms with E-state index in [1.54, 1.807) is 0 Å². The van der Waals surface area contributed by atoms with Crippen LogP contribution in [0.4, 0.5) is 0 Å². The molecule has 0 aromatic heterocycles. The number of primary amides is 1. The van der Waals surface area contributed by atoms with Crippen molar-refractivity contribution in [1.82, 2.24) is 5.32 Å². The molecule has 26 heavy (non-hydrogen) atoms. The molecule has 0 aromatic rings. The SMILES string of the molecule is CCOCCOCCOCCOCCOCCC(=O)N[C@@H](CS)C(N)=O. The first-order valence-corrected chi connectivity index (χ1v) is 9.33. The molecule has 2 amide bonds. The van der Waals surface area contributed by atoms with Gasteiger partial charge >= 0.3 is 0 Å². The van der Waals surface area contributed by atoms with Gasteiger partial charge in [0.1, 0.15) is 6.04 Å². The second-order valence-corrected chi connectivity index (χ2v) is 5.47. The van der Waals surface area contributed by atoms with Gasteiger partial charge in [-0.15, -0.1) is 0 Å². The maximum Gasteiger partial charge on any atom is 0.240 e. The minimum atomic E-state index is -0.760. The number of rotatable bonds is 19. The van der Waals surface area contributed by atoms with E-state index in [0.29, 0.717) is 59.5 Å². The van der Waals surface area contributed by atoms with Crippen LogP contribution in [0.2, 0.25) is 0 Å². The predicted octanol–water partition coefficient (Wildman–Crippen LogP) is -0.621. The summed E-state index contributed by atoms with van der Waals surface area (Å²) < 4.78 is 26.4. The lowest BCUT2D eigenvalue weighted by Gasteiger charge is -2.12. The van der Waals surface area contributed by atoms with Gasteiger partial charge in [-0.25, -0.2) is 0 Å². The van der Waals surface area contributed by atoms with Crippen molar-refractivity contribution in [3.63, 3.8) is 0 Å². The molecule has 0 unspecified atom stereocenters. The van der Waals surface area contributed by atoms with Crippen LogP contribution in [0.25, 0.3) is 0 Å². The summed E-state index contributed by atoms with van der Waals surface area (Å²) in [5, 5.41) is 2.48. The molecule has 0 saturated carbocycles. The number of nitrogens with two attached hydrogens (primary N) is 1. The van der Waals surface area contributed by atoms with Crippen molar-refractivity contribution in [3.05, 3.63) is 0 Å². The van der Waals surface area contributed by atoms with E-state index in [0.717, 1.165) is 0 Å². The smallest absolute Gasteiger partial charge is 0.240 e. The van der Waals surface area contributed by atoms with Gasteiger partial charge in [0.05, 0.1) is 59.5 Å². The summed E-state index contributed by atoms with van der Waals surface area (Å²) in [5.74, 6) is -0.750. The standard InChI is InChI=1S/C16H32N2O7S/c1-2-21-5-6-23-9-10-25-12-11-24-8-7-22-4-3-15(19)18-14(13-26)16(17)20/h14,26H,2-13H2,1H3,(H2,17,20)(H,18,19)/t14-/m0/s1. The molecule has 0 aliphatic heterocycles. The number of carbonyl (C=O) groups is 2. The molecule has 3 N–H and O–H groups in total. The Labute approximate surface area is 160 Å². The van der Waals surface area contributed by atoms with Crippen molar-refractivity contribution in [2.75, 3.05) is 71.8 Å². The number of thiol groups is 1. The molecule has 0 radical (unpaired) electrons. The van der Waals surface area contributed by atoms with Gasteiger partial charge in [-0.3, -0.25) is 9.59 Å². The van der Waals surface area contributed by atoms with Crippen LogP contribution in [0, 0.1) is 0 Å². The van der Waals surface area contributed by atoms with Crippen LogP contribution in [-0.2, 0) is 33.3 Å². The van der Waals surface area contributed by atoms with E-state index < -0.39 is 11.9 Å². The average Bonchev–Trinajstić information content (AvgIpc) is 2.62. The summed E-state index contributed by atoms with van der Waals surface area (Å²) >= 11 is 3.94. The molecule has 0 aromatic carbocycles. The molecule has 0 rings (SSSR count). The Bertz CT molecular complexity index is 361. The summed E-state index contributed by atoms with van der Waals surface area (Å²) in [6.07, 6.45) is 0.143. The highest BCUT2D eigenvalue weighted by molar-refractivity contribution is 7.80. The van der Waals surface area contributed by atoms with Crippen LogP contribution < -0.4 is 11.1 Å².